The molecular formula is C31H46N4O4. The van der Waals surface area contributed by atoms with Gasteiger partial charge in [-0.25, -0.2) is 0 Å². The van der Waals surface area contributed by atoms with E-state index < -0.39 is 5.60 Å². The molecule has 8 heteroatoms. The Morgan fingerprint density at radius 3 is 2.15 bits per heavy atom. The second-order valence-corrected chi connectivity index (χ2v) is 12.9. The Labute approximate surface area is 232 Å². The van der Waals surface area contributed by atoms with Crippen molar-refractivity contribution in [1.29, 1.82) is 0 Å². The highest BCUT2D eigenvalue weighted by molar-refractivity contribution is 5.94. The van der Waals surface area contributed by atoms with Crippen LogP contribution in [0.2, 0.25) is 0 Å². The summed E-state index contributed by atoms with van der Waals surface area (Å²) in [5.74, 6) is 0.937. The molecule has 214 valence electrons. The van der Waals surface area contributed by atoms with E-state index in [4.69, 9.17) is 0 Å². The van der Waals surface area contributed by atoms with Crippen molar-refractivity contribution in [2.75, 3.05) is 32.8 Å². The van der Waals surface area contributed by atoms with Crippen molar-refractivity contribution >= 4 is 11.8 Å². The summed E-state index contributed by atoms with van der Waals surface area (Å²) in [6.07, 6.45) is 13.6. The molecule has 0 aromatic heterocycles. The van der Waals surface area contributed by atoms with Crippen molar-refractivity contribution in [2.24, 2.45) is 5.92 Å². The monoisotopic (exact) mass is 538 g/mol. The number of amides is 2. The molecule has 4 unspecified atom stereocenters. The normalized spacial score (nSPS) is 33.2. The van der Waals surface area contributed by atoms with Gasteiger partial charge in [-0.2, -0.15) is 0 Å². The van der Waals surface area contributed by atoms with Gasteiger partial charge in [-0.1, -0.05) is 44.2 Å². The van der Waals surface area contributed by atoms with E-state index in [1.165, 1.54) is 50.5 Å². The molecule has 5 aliphatic rings. The number of aliphatic hydroxyl groups is 2. The topological polar surface area (TPSA) is 105 Å². The van der Waals surface area contributed by atoms with Gasteiger partial charge in [-0.05, 0) is 74.5 Å². The van der Waals surface area contributed by atoms with Crippen LogP contribution in [-0.2, 0) is 4.79 Å². The molecule has 0 spiro atoms. The molecule has 8 nitrogen and oxygen atoms in total. The lowest BCUT2D eigenvalue weighted by atomic mass is 9.63. The molecule has 0 bridgehead atoms. The van der Waals surface area contributed by atoms with Gasteiger partial charge in [0.15, 0.2) is 0 Å². The van der Waals surface area contributed by atoms with Crippen LogP contribution in [0.4, 0.5) is 0 Å². The summed E-state index contributed by atoms with van der Waals surface area (Å²) in [5.41, 5.74) is 0.926. The Hall–Kier alpha value is -2.00. The molecule has 0 radical (unpaired) electrons. The van der Waals surface area contributed by atoms with E-state index >= 15 is 0 Å². The molecule has 2 saturated heterocycles. The van der Waals surface area contributed by atoms with Gasteiger partial charge in [0.05, 0.1) is 12.8 Å². The van der Waals surface area contributed by atoms with Gasteiger partial charge in [-0.3, -0.25) is 20.2 Å². The first-order valence-corrected chi connectivity index (χ1v) is 15.5. The van der Waals surface area contributed by atoms with Crippen molar-refractivity contribution in [1.82, 2.24) is 20.4 Å². The molecule has 2 aliphatic heterocycles. The van der Waals surface area contributed by atoms with Crippen molar-refractivity contribution in [3.63, 3.8) is 0 Å². The molecule has 2 heterocycles. The second-order valence-electron chi connectivity index (χ2n) is 12.9. The zero-order valence-electron chi connectivity index (χ0n) is 23.2. The van der Waals surface area contributed by atoms with Crippen LogP contribution >= 0.6 is 0 Å². The van der Waals surface area contributed by atoms with Gasteiger partial charge in [-0.15, -0.1) is 0 Å². The smallest absolute Gasteiger partial charge is 0.254 e. The van der Waals surface area contributed by atoms with E-state index in [0.717, 1.165) is 19.3 Å². The summed E-state index contributed by atoms with van der Waals surface area (Å²) in [5, 5.41) is 27.7. The Morgan fingerprint density at radius 1 is 0.872 bits per heavy atom. The largest absolute Gasteiger partial charge is 0.393 e. The van der Waals surface area contributed by atoms with Gasteiger partial charge in [0.1, 0.15) is 5.60 Å². The molecular weight excluding hydrogens is 492 g/mol. The van der Waals surface area contributed by atoms with Crippen LogP contribution in [0.1, 0.15) is 98.9 Å². The molecule has 4 atom stereocenters. The first kappa shape index (κ1) is 27.2. The number of carbonyl (C=O) groups is 2. The number of carbonyl (C=O) groups excluding carboxylic acids is 2. The lowest BCUT2D eigenvalue weighted by molar-refractivity contribution is -0.143. The van der Waals surface area contributed by atoms with Crippen LogP contribution < -0.4 is 10.6 Å². The van der Waals surface area contributed by atoms with Crippen LogP contribution in [-0.4, -0.2) is 88.0 Å². The number of benzene rings is 1. The summed E-state index contributed by atoms with van der Waals surface area (Å²) in [6.45, 7) is 2.08. The standard InChI is InChI=1S/C31H46N4O4/c36-21-27-32-26-20-24(12-13-31(26,33-27)25-6-4-2-1-3-5-7-25)22-8-10-23(11-9-22)28(37)34-16-18-35(19-17-34)29(38)30(39)14-15-30/h8-11,24-27,32-33,36,39H,1-7,12-21H2. The van der Waals surface area contributed by atoms with Crippen LogP contribution in [0.5, 0.6) is 0 Å². The summed E-state index contributed by atoms with van der Waals surface area (Å²) in [7, 11) is 0. The fourth-order valence-electron chi connectivity index (χ4n) is 8.00. The summed E-state index contributed by atoms with van der Waals surface area (Å²) in [4.78, 5) is 29.1. The van der Waals surface area contributed by atoms with Gasteiger partial charge < -0.3 is 20.0 Å². The van der Waals surface area contributed by atoms with E-state index in [-0.39, 0.29) is 30.1 Å². The Kier molecular flexibility index (Phi) is 7.74. The number of rotatable bonds is 5. The van der Waals surface area contributed by atoms with Gasteiger partial charge in [0, 0.05) is 43.3 Å². The molecule has 1 aromatic carbocycles. The lowest BCUT2D eigenvalue weighted by Crippen LogP contribution is -2.58. The minimum Gasteiger partial charge on any atom is -0.393 e. The number of hydrogen-bond acceptors (Lipinski definition) is 6. The highest BCUT2D eigenvalue weighted by Crippen LogP contribution is 2.47. The molecule has 3 aliphatic carbocycles. The van der Waals surface area contributed by atoms with Crippen molar-refractivity contribution in [2.45, 2.75) is 106 Å². The average molecular weight is 539 g/mol. The van der Waals surface area contributed by atoms with Crippen molar-refractivity contribution in [3.05, 3.63) is 35.4 Å². The first-order chi connectivity index (χ1) is 18.9. The van der Waals surface area contributed by atoms with Crippen LogP contribution in [0.15, 0.2) is 24.3 Å². The number of nitrogens with one attached hydrogen (secondary N) is 2. The summed E-state index contributed by atoms with van der Waals surface area (Å²) < 4.78 is 0. The number of hydrogen-bond donors (Lipinski definition) is 4. The maximum atomic E-state index is 13.2. The number of nitrogens with zero attached hydrogens (tertiary/aromatic N) is 2. The number of piperazine rings is 1. The summed E-state index contributed by atoms with van der Waals surface area (Å²) in [6, 6.07) is 8.56. The van der Waals surface area contributed by atoms with Crippen molar-refractivity contribution < 1.29 is 19.8 Å². The van der Waals surface area contributed by atoms with E-state index in [0.29, 0.717) is 62.5 Å². The molecule has 2 amide bonds. The minimum absolute atomic E-state index is 0.0122. The minimum atomic E-state index is -1.14. The van der Waals surface area contributed by atoms with Crippen LogP contribution in [0.25, 0.3) is 0 Å². The van der Waals surface area contributed by atoms with E-state index in [9.17, 15) is 19.8 Å². The Morgan fingerprint density at radius 2 is 1.51 bits per heavy atom. The van der Waals surface area contributed by atoms with Gasteiger partial charge in [0.2, 0.25) is 0 Å². The first-order valence-electron chi connectivity index (χ1n) is 15.5. The molecule has 3 saturated carbocycles. The lowest BCUT2D eigenvalue weighted by Gasteiger charge is -2.48. The molecule has 1 aromatic rings. The fourth-order valence-corrected chi connectivity index (χ4v) is 8.00. The quantitative estimate of drug-likeness (QED) is 0.460. The molecule has 6 rings (SSSR count). The predicted octanol–water partition coefficient (Wildman–Crippen LogP) is 2.74. The molecule has 39 heavy (non-hydrogen) atoms. The summed E-state index contributed by atoms with van der Waals surface area (Å²) >= 11 is 0. The maximum absolute atomic E-state index is 13.2. The third-order valence-electron chi connectivity index (χ3n) is 10.5. The molecule has 5 fully saturated rings. The van der Waals surface area contributed by atoms with Crippen molar-refractivity contribution in [3.8, 4) is 0 Å². The predicted molar refractivity (Wildman–Crippen MR) is 149 cm³/mol. The Bertz CT molecular complexity index is 1030. The van der Waals surface area contributed by atoms with E-state index in [2.05, 4.69) is 22.8 Å². The zero-order valence-corrected chi connectivity index (χ0v) is 23.2. The molecule has 4 N–H and O–H groups in total. The van der Waals surface area contributed by atoms with Crippen LogP contribution in [0.3, 0.4) is 0 Å². The maximum Gasteiger partial charge on any atom is 0.254 e. The van der Waals surface area contributed by atoms with Crippen LogP contribution in [0, 0.1) is 5.92 Å². The van der Waals surface area contributed by atoms with Gasteiger partial charge in [0.25, 0.3) is 11.8 Å². The third-order valence-corrected chi connectivity index (χ3v) is 10.5. The average Bonchev–Trinajstić information content (AvgIpc) is 3.59. The van der Waals surface area contributed by atoms with E-state index in [1.54, 1.807) is 4.90 Å². The van der Waals surface area contributed by atoms with E-state index in [1.807, 2.05) is 17.0 Å². The highest BCUT2D eigenvalue weighted by atomic mass is 16.3. The SMILES string of the molecule is O=C(c1ccc(C2CCC3(C4CCCCCCC4)NC(CO)NC3C2)cc1)N1CCN(C(=O)C2(O)CC2)CC1. The number of fused-ring (bicyclic) bond motifs is 1. The third kappa shape index (κ3) is 5.37. The second kappa shape index (κ2) is 11.1. The highest BCUT2D eigenvalue weighted by Gasteiger charge is 2.53. The van der Waals surface area contributed by atoms with Gasteiger partial charge >= 0.3 is 0 Å². The zero-order chi connectivity index (χ0) is 27.0. The fraction of sp³-hybridized carbons (Fsp3) is 0.742. The number of aliphatic hydroxyl groups excluding tert-OH is 1. The Balaban J connectivity index is 1.08.